The van der Waals surface area contributed by atoms with Gasteiger partial charge in [-0.1, -0.05) is 69.6 Å². The van der Waals surface area contributed by atoms with Crippen LogP contribution in [0.25, 0.3) is 11.4 Å². The van der Waals surface area contributed by atoms with Gasteiger partial charge in [-0.2, -0.15) is 8.78 Å². The van der Waals surface area contributed by atoms with Crippen molar-refractivity contribution in [2.24, 2.45) is 0 Å². The Balaban J connectivity index is 1.63. The Morgan fingerprint density at radius 2 is 1.80 bits per heavy atom. The lowest BCUT2D eigenvalue weighted by Gasteiger charge is -2.20. The predicted molar refractivity (Wildman–Crippen MR) is 115 cm³/mol. The summed E-state index contributed by atoms with van der Waals surface area (Å²) in [5.41, 5.74) is 2.39. The third-order valence-corrected chi connectivity index (χ3v) is 6.59. The summed E-state index contributed by atoms with van der Waals surface area (Å²) in [6, 6.07) is 8.85. The minimum absolute atomic E-state index is 0.0886. The van der Waals surface area contributed by atoms with Crippen molar-refractivity contribution in [3.8, 4) is 11.4 Å². The molecule has 4 rings (SSSR count). The monoisotopic (exact) mass is 431 g/mol. The van der Waals surface area contributed by atoms with Crippen LogP contribution >= 0.6 is 11.8 Å². The zero-order chi connectivity index (χ0) is 21.3. The summed E-state index contributed by atoms with van der Waals surface area (Å²) in [6.45, 7) is 4.00. The van der Waals surface area contributed by atoms with Crippen molar-refractivity contribution in [3.05, 3.63) is 48.0 Å². The number of alkyl halides is 2. The first-order chi connectivity index (χ1) is 14.3. The molecule has 0 unspecified atom stereocenters. The quantitative estimate of drug-likeness (QED) is 0.433. The van der Waals surface area contributed by atoms with E-state index in [1.165, 1.54) is 42.6 Å². The molecule has 8 heteroatoms. The van der Waals surface area contributed by atoms with Gasteiger partial charge in [0.2, 0.25) is 0 Å². The zero-order valence-electron chi connectivity index (χ0n) is 17.6. The maximum Gasteiger partial charge on any atom is 0.319 e. The molecular weight excluding hydrogens is 404 g/mol. The van der Waals surface area contributed by atoms with E-state index in [0.29, 0.717) is 17.6 Å². The van der Waals surface area contributed by atoms with E-state index in [-0.39, 0.29) is 5.41 Å². The molecule has 5 nitrogen and oxygen atoms in total. The number of hydrogen-bond acceptors (Lipinski definition) is 4. The molecule has 1 aromatic carbocycles. The summed E-state index contributed by atoms with van der Waals surface area (Å²) in [5.74, 6) is 1.51. The summed E-state index contributed by atoms with van der Waals surface area (Å²) in [5, 5.41) is 9.70. The number of halogens is 2. The summed E-state index contributed by atoms with van der Waals surface area (Å²) in [4.78, 5) is 4.08. The Morgan fingerprint density at radius 1 is 1.10 bits per heavy atom. The first-order valence-corrected chi connectivity index (χ1v) is 11.3. The molecule has 1 aliphatic carbocycles. The van der Waals surface area contributed by atoms with E-state index in [2.05, 4.69) is 64.8 Å². The van der Waals surface area contributed by atoms with E-state index < -0.39 is 6.55 Å². The molecule has 0 aliphatic heterocycles. The number of nitrogens with zero attached hydrogens (tertiary/aromatic N) is 5. The van der Waals surface area contributed by atoms with E-state index in [0.717, 1.165) is 34.0 Å². The van der Waals surface area contributed by atoms with Gasteiger partial charge in [0.05, 0.1) is 5.75 Å². The van der Waals surface area contributed by atoms with Gasteiger partial charge in [-0.15, -0.1) is 10.2 Å². The molecule has 0 amide bonds. The van der Waals surface area contributed by atoms with E-state index in [1.54, 1.807) is 0 Å². The number of thioether (sulfide) groups is 1. The Kier molecular flexibility index (Phi) is 5.95. The molecule has 2 heterocycles. The van der Waals surface area contributed by atoms with Crippen LogP contribution in [-0.4, -0.2) is 24.3 Å². The summed E-state index contributed by atoms with van der Waals surface area (Å²) < 4.78 is 29.4. The molecule has 1 saturated carbocycles. The van der Waals surface area contributed by atoms with Gasteiger partial charge in [-0.3, -0.25) is 9.13 Å². The Bertz CT molecular complexity index is 982. The minimum atomic E-state index is -2.59. The van der Waals surface area contributed by atoms with Crippen molar-refractivity contribution < 1.29 is 8.78 Å². The molecule has 160 valence electrons. The van der Waals surface area contributed by atoms with Gasteiger partial charge in [-0.25, -0.2) is 4.98 Å². The first kappa shape index (κ1) is 21.0. The fourth-order valence-electron chi connectivity index (χ4n) is 3.95. The highest BCUT2D eigenvalue weighted by molar-refractivity contribution is 7.98. The Labute approximate surface area is 179 Å². The lowest BCUT2D eigenvalue weighted by Crippen LogP contribution is -2.11. The molecule has 0 N–H and O–H groups in total. The molecule has 1 aliphatic rings. The molecule has 2 aromatic heterocycles. The van der Waals surface area contributed by atoms with Crippen molar-refractivity contribution in [3.63, 3.8) is 0 Å². The largest absolute Gasteiger partial charge is 0.319 e. The molecule has 0 radical (unpaired) electrons. The Hall–Kier alpha value is -2.22. The third-order valence-electron chi connectivity index (χ3n) is 5.65. The molecule has 0 spiro atoms. The van der Waals surface area contributed by atoms with Gasteiger partial charge in [0, 0.05) is 24.0 Å². The van der Waals surface area contributed by atoms with E-state index in [4.69, 9.17) is 0 Å². The molecule has 30 heavy (non-hydrogen) atoms. The number of imidazole rings is 1. The van der Waals surface area contributed by atoms with E-state index in [9.17, 15) is 8.78 Å². The predicted octanol–water partition coefficient (Wildman–Crippen LogP) is 6.24. The van der Waals surface area contributed by atoms with Crippen LogP contribution in [0.5, 0.6) is 0 Å². The topological polar surface area (TPSA) is 48.5 Å². The Morgan fingerprint density at radius 3 is 2.43 bits per heavy atom. The number of benzene rings is 1. The van der Waals surface area contributed by atoms with Crippen LogP contribution in [-0.2, 0) is 11.2 Å². The van der Waals surface area contributed by atoms with Crippen LogP contribution in [0, 0.1) is 0 Å². The van der Waals surface area contributed by atoms with Crippen LogP contribution in [0.4, 0.5) is 8.78 Å². The van der Waals surface area contributed by atoms with E-state index >= 15 is 0 Å². The summed E-state index contributed by atoms with van der Waals surface area (Å²) in [7, 11) is 0. The van der Waals surface area contributed by atoms with Crippen molar-refractivity contribution in [2.75, 3.05) is 0 Å². The number of hydrogen-bond donors (Lipinski definition) is 0. The fourth-order valence-corrected chi connectivity index (χ4v) is 4.90. The van der Waals surface area contributed by atoms with Crippen LogP contribution in [0.15, 0.2) is 41.8 Å². The van der Waals surface area contributed by atoms with Crippen LogP contribution in [0.1, 0.15) is 70.4 Å². The second-order valence-corrected chi connectivity index (χ2v) is 9.70. The van der Waals surface area contributed by atoms with Crippen molar-refractivity contribution in [1.82, 2.24) is 24.3 Å². The SMILES string of the molecule is CC(C)(C)c1ccc(-c2nnc(SCc3nccn3C(F)F)n2C2CCCC2)cc1. The first-order valence-electron chi connectivity index (χ1n) is 10.3. The second kappa shape index (κ2) is 8.49. The van der Waals surface area contributed by atoms with Gasteiger partial charge in [0.25, 0.3) is 0 Å². The van der Waals surface area contributed by atoms with Gasteiger partial charge in [-0.05, 0) is 23.8 Å². The van der Waals surface area contributed by atoms with Gasteiger partial charge < -0.3 is 0 Å². The zero-order valence-corrected chi connectivity index (χ0v) is 18.4. The third kappa shape index (κ3) is 4.29. The summed E-state index contributed by atoms with van der Waals surface area (Å²) >= 11 is 1.42. The highest BCUT2D eigenvalue weighted by Gasteiger charge is 2.26. The molecule has 3 aromatic rings. The maximum atomic E-state index is 13.1. The average molecular weight is 432 g/mol. The minimum Gasteiger partial charge on any atom is -0.299 e. The highest BCUT2D eigenvalue weighted by Crippen LogP contribution is 2.37. The van der Waals surface area contributed by atoms with Crippen molar-refractivity contribution >= 4 is 11.8 Å². The molecular formula is C22H27F2N5S. The molecule has 0 atom stereocenters. The lowest BCUT2D eigenvalue weighted by atomic mass is 9.86. The second-order valence-electron chi connectivity index (χ2n) is 8.76. The standard InChI is InChI=1S/C22H27F2N5S/c1-22(2,3)16-10-8-15(9-11-16)19-26-27-21(29(19)17-6-4-5-7-17)30-14-18-25-12-13-28(18)20(23)24/h8-13,17,20H,4-7,14H2,1-3H3. The molecule has 1 fully saturated rings. The number of rotatable bonds is 6. The van der Waals surface area contributed by atoms with Crippen LogP contribution in [0.3, 0.4) is 0 Å². The van der Waals surface area contributed by atoms with Gasteiger partial charge >= 0.3 is 6.55 Å². The van der Waals surface area contributed by atoms with Crippen molar-refractivity contribution in [2.45, 2.75) is 75.4 Å². The average Bonchev–Trinajstić information content (AvgIpc) is 3.44. The van der Waals surface area contributed by atoms with Gasteiger partial charge in [0.15, 0.2) is 11.0 Å². The van der Waals surface area contributed by atoms with Crippen LogP contribution in [0.2, 0.25) is 0 Å². The van der Waals surface area contributed by atoms with E-state index in [1.807, 2.05) is 0 Å². The molecule has 0 saturated heterocycles. The summed E-state index contributed by atoms with van der Waals surface area (Å²) in [6.07, 6.45) is 7.27. The fraction of sp³-hybridized carbons (Fsp3) is 0.500. The lowest BCUT2D eigenvalue weighted by molar-refractivity contribution is 0.0678. The highest BCUT2D eigenvalue weighted by atomic mass is 32.2. The van der Waals surface area contributed by atoms with Gasteiger partial charge in [0.1, 0.15) is 5.82 Å². The number of aromatic nitrogens is 5. The molecule has 0 bridgehead atoms. The maximum absolute atomic E-state index is 13.1. The smallest absolute Gasteiger partial charge is 0.299 e. The van der Waals surface area contributed by atoms with Crippen LogP contribution < -0.4 is 0 Å². The van der Waals surface area contributed by atoms with Crippen molar-refractivity contribution in [1.29, 1.82) is 0 Å². The normalized spacial score (nSPS) is 15.4.